The lowest BCUT2D eigenvalue weighted by molar-refractivity contribution is -0.278. The first-order valence-corrected chi connectivity index (χ1v) is 11.9. The van der Waals surface area contributed by atoms with Gasteiger partial charge in [0.15, 0.2) is 11.5 Å². The van der Waals surface area contributed by atoms with Gasteiger partial charge < -0.3 is 53.6 Å². The van der Waals surface area contributed by atoms with Crippen LogP contribution in [-0.2, 0) is 19.1 Å². The molecule has 0 spiro atoms. The van der Waals surface area contributed by atoms with Crippen LogP contribution >= 0.6 is 0 Å². The van der Waals surface area contributed by atoms with Gasteiger partial charge in [0, 0.05) is 28.8 Å². The van der Waals surface area contributed by atoms with E-state index in [4.69, 9.17) is 38.3 Å². The van der Waals surface area contributed by atoms with Crippen molar-refractivity contribution in [1.82, 2.24) is 0 Å². The number of esters is 1. The molecule has 0 aromatic heterocycles. The molecule has 0 radical (unpaired) electrons. The van der Waals surface area contributed by atoms with Crippen molar-refractivity contribution in [2.45, 2.75) is 37.1 Å². The molecule has 4 N–H and O–H groups in total. The Hall–Kier alpha value is -4.04. The first-order valence-electron chi connectivity index (χ1n) is 11.9. The minimum atomic E-state index is -1.68. The maximum atomic E-state index is 11.5. The first-order chi connectivity index (χ1) is 18.7. The van der Waals surface area contributed by atoms with Crippen LogP contribution in [0.5, 0.6) is 28.7 Å². The topological polar surface area (TPSA) is 180 Å². The quantitative estimate of drug-likeness (QED) is 0.267. The Morgan fingerprint density at radius 2 is 1.74 bits per heavy atom. The smallest absolute Gasteiger partial charge is 0.317 e. The second kappa shape index (κ2) is 11.0. The van der Waals surface area contributed by atoms with E-state index in [-0.39, 0.29) is 19.1 Å². The van der Waals surface area contributed by atoms with Crippen molar-refractivity contribution in [3.8, 4) is 28.7 Å². The summed E-state index contributed by atoms with van der Waals surface area (Å²) >= 11 is 0. The molecule has 5 rings (SSSR count). The fourth-order valence-corrected chi connectivity index (χ4v) is 4.35. The van der Waals surface area contributed by atoms with Crippen LogP contribution in [0.1, 0.15) is 17.5 Å². The van der Waals surface area contributed by atoms with Crippen LogP contribution in [0.2, 0.25) is 0 Å². The highest BCUT2D eigenvalue weighted by Crippen LogP contribution is 2.43. The summed E-state index contributed by atoms with van der Waals surface area (Å²) in [4.78, 5) is 22.2. The van der Waals surface area contributed by atoms with Gasteiger partial charge in [-0.05, 0) is 24.3 Å². The first kappa shape index (κ1) is 26.6. The molecule has 3 aliphatic rings. The zero-order valence-electron chi connectivity index (χ0n) is 20.6. The molecule has 2 aromatic carbocycles. The van der Waals surface area contributed by atoms with Crippen molar-refractivity contribution in [1.29, 1.82) is 0 Å². The van der Waals surface area contributed by atoms with Gasteiger partial charge in [0.05, 0.1) is 7.11 Å². The molecule has 0 aliphatic carbocycles. The van der Waals surface area contributed by atoms with Crippen molar-refractivity contribution in [3.63, 3.8) is 0 Å². The standard InChI is InChI=1S/C26H26O13/c1-33-17-7-19-18(36-11-37-19)6-15(17)13-4-12-2-3-14(5-16(12)34-9-13)38-26-25(32)24(31)23(30)20(39-26)10-35-22(29)8-21(27)28/h2-7,20,23-26,30-32H,8-11H2,1H3,(H,27,28). The summed E-state index contributed by atoms with van der Waals surface area (Å²) in [6.45, 7) is -0.208. The fourth-order valence-electron chi connectivity index (χ4n) is 4.35. The molecule has 3 aliphatic heterocycles. The molecular weight excluding hydrogens is 520 g/mol. The summed E-state index contributed by atoms with van der Waals surface area (Å²) < 4.78 is 38.4. The molecule has 0 saturated carbocycles. The number of aliphatic hydroxyl groups excluding tert-OH is 3. The summed E-state index contributed by atoms with van der Waals surface area (Å²) in [5.74, 6) is 0.101. The predicted octanol–water partition coefficient (Wildman–Crippen LogP) is 0.561. The molecule has 5 atom stereocenters. The minimum absolute atomic E-state index is 0.134. The van der Waals surface area contributed by atoms with Crippen molar-refractivity contribution >= 4 is 23.6 Å². The van der Waals surface area contributed by atoms with Gasteiger partial charge in [-0.1, -0.05) is 0 Å². The number of hydrogen-bond donors (Lipinski definition) is 4. The highest BCUT2D eigenvalue weighted by Gasteiger charge is 2.45. The lowest BCUT2D eigenvalue weighted by atomic mass is 9.99. The highest BCUT2D eigenvalue weighted by molar-refractivity contribution is 5.90. The molecule has 1 saturated heterocycles. The second-order valence-corrected chi connectivity index (χ2v) is 8.95. The molecule has 0 bridgehead atoms. The summed E-state index contributed by atoms with van der Waals surface area (Å²) in [6, 6.07) is 8.50. The van der Waals surface area contributed by atoms with Crippen molar-refractivity contribution in [2.24, 2.45) is 0 Å². The SMILES string of the molecule is COc1cc2c(cc1C1=Cc3ccc(OC4OC(COC(=O)CC(=O)O)C(O)C(O)C4O)cc3OC1)OCO2. The maximum Gasteiger partial charge on any atom is 0.317 e. The Kier molecular flexibility index (Phi) is 7.48. The third-order valence-electron chi connectivity index (χ3n) is 6.36. The number of ether oxygens (including phenoxy) is 7. The number of hydrogen-bond acceptors (Lipinski definition) is 12. The van der Waals surface area contributed by atoms with Crippen LogP contribution < -0.4 is 23.7 Å². The Labute approximate surface area is 221 Å². The molecule has 2 aromatic rings. The number of methoxy groups -OCH3 is 1. The fraction of sp³-hybridized carbons (Fsp3) is 0.385. The number of carboxylic acid groups (broad SMARTS) is 1. The van der Waals surface area contributed by atoms with Crippen LogP contribution in [-0.4, -0.2) is 90.2 Å². The second-order valence-electron chi connectivity index (χ2n) is 8.95. The average molecular weight is 546 g/mol. The molecule has 5 unspecified atom stereocenters. The number of carbonyl (C=O) groups is 2. The van der Waals surface area contributed by atoms with Gasteiger partial charge in [0.2, 0.25) is 13.1 Å². The lowest BCUT2D eigenvalue weighted by Gasteiger charge is -2.39. The molecule has 1 fully saturated rings. The normalized spacial score (nSPS) is 25.1. The summed E-state index contributed by atoms with van der Waals surface area (Å²) in [5, 5.41) is 39.5. The summed E-state index contributed by atoms with van der Waals surface area (Å²) in [7, 11) is 1.56. The van der Waals surface area contributed by atoms with E-state index in [1.54, 1.807) is 31.4 Å². The van der Waals surface area contributed by atoms with Gasteiger partial charge in [-0.25, -0.2) is 0 Å². The van der Waals surface area contributed by atoms with Crippen LogP contribution in [0.3, 0.4) is 0 Å². The van der Waals surface area contributed by atoms with E-state index < -0.39 is 55.7 Å². The van der Waals surface area contributed by atoms with Gasteiger partial charge in [0.25, 0.3) is 0 Å². The molecule has 208 valence electrons. The van der Waals surface area contributed by atoms with E-state index >= 15 is 0 Å². The zero-order chi connectivity index (χ0) is 27.7. The largest absolute Gasteiger partial charge is 0.496 e. The Morgan fingerprint density at radius 3 is 2.49 bits per heavy atom. The number of rotatable bonds is 8. The number of aliphatic hydroxyl groups is 3. The Balaban J connectivity index is 1.29. The Bertz CT molecular complexity index is 1290. The lowest BCUT2D eigenvalue weighted by Crippen LogP contribution is -2.60. The average Bonchev–Trinajstić information content (AvgIpc) is 3.38. The zero-order valence-corrected chi connectivity index (χ0v) is 20.6. The number of aliphatic carboxylic acids is 1. The number of fused-ring (bicyclic) bond motifs is 2. The maximum absolute atomic E-state index is 11.5. The minimum Gasteiger partial charge on any atom is -0.496 e. The molecule has 13 nitrogen and oxygen atoms in total. The van der Waals surface area contributed by atoms with E-state index in [0.717, 1.165) is 16.7 Å². The Morgan fingerprint density at radius 1 is 0.974 bits per heavy atom. The molecular formula is C26H26O13. The van der Waals surface area contributed by atoms with Crippen LogP contribution in [0.25, 0.3) is 11.6 Å². The van der Waals surface area contributed by atoms with Crippen molar-refractivity contribution < 1.29 is 63.2 Å². The van der Waals surface area contributed by atoms with E-state index in [0.29, 0.717) is 23.0 Å². The summed E-state index contributed by atoms with van der Waals surface area (Å²) in [5.41, 5.74) is 2.37. The van der Waals surface area contributed by atoms with E-state index in [1.165, 1.54) is 0 Å². The van der Waals surface area contributed by atoms with Gasteiger partial charge in [-0.2, -0.15) is 0 Å². The molecule has 39 heavy (non-hydrogen) atoms. The molecule has 3 heterocycles. The number of carbonyl (C=O) groups excluding carboxylic acids is 1. The predicted molar refractivity (Wildman–Crippen MR) is 129 cm³/mol. The van der Waals surface area contributed by atoms with E-state index in [1.807, 2.05) is 12.1 Å². The highest BCUT2D eigenvalue weighted by atomic mass is 16.7. The summed E-state index contributed by atoms with van der Waals surface area (Å²) in [6.07, 6.45) is -6.58. The van der Waals surface area contributed by atoms with Gasteiger partial charge >= 0.3 is 11.9 Å². The van der Waals surface area contributed by atoms with Gasteiger partial charge in [-0.3, -0.25) is 9.59 Å². The van der Waals surface area contributed by atoms with Gasteiger partial charge in [-0.15, -0.1) is 0 Å². The van der Waals surface area contributed by atoms with Gasteiger partial charge in [0.1, 0.15) is 61.3 Å². The molecule has 0 amide bonds. The third-order valence-corrected chi connectivity index (χ3v) is 6.36. The van der Waals surface area contributed by atoms with E-state index in [2.05, 4.69) is 0 Å². The molecule has 13 heteroatoms. The van der Waals surface area contributed by atoms with Crippen LogP contribution in [0.4, 0.5) is 0 Å². The van der Waals surface area contributed by atoms with Crippen LogP contribution in [0.15, 0.2) is 30.3 Å². The number of carboxylic acids is 1. The van der Waals surface area contributed by atoms with Crippen molar-refractivity contribution in [2.75, 3.05) is 27.1 Å². The number of benzene rings is 2. The monoisotopic (exact) mass is 546 g/mol. The third kappa shape index (κ3) is 5.56. The van der Waals surface area contributed by atoms with Crippen molar-refractivity contribution in [3.05, 3.63) is 41.5 Å². The van der Waals surface area contributed by atoms with E-state index in [9.17, 15) is 24.9 Å². The van der Waals surface area contributed by atoms with Crippen LogP contribution in [0, 0.1) is 0 Å².